The van der Waals surface area contributed by atoms with Crippen LogP contribution in [0.25, 0.3) is 0 Å². The first kappa shape index (κ1) is 11.4. The number of aromatic nitrogens is 2. The van der Waals surface area contributed by atoms with E-state index in [-0.39, 0.29) is 17.9 Å². The molecular weight excluding hydrogens is 216 g/mol. The molecule has 0 atom stereocenters. The van der Waals surface area contributed by atoms with Crippen molar-refractivity contribution < 1.29 is 4.79 Å². The van der Waals surface area contributed by atoms with Gasteiger partial charge in [-0.05, 0) is 25.1 Å². The Labute approximate surface area is 99.1 Å². The molecule has 2 aromatic heterocycles. The summed E-state index contributed by atoms with van der Waals surface area (Å²) in [5.74, 6) is -0.0646. The fourth-order valence-electron chi connectivity index (χ4n) is 1.77. The second kappa shape index (κ2) is 4.41. The number of hydrogen-bond acceptors (Lipinski definition) is 2. The van der Waals surface area contributed by atoms with Crippen LogP contribution in [-0.2, 0) is 13.6 Å². The number of rotatable bonds is 3. The molecule has 0 amide bonds. The third-order valence-electron chi connectivity index (χ3n) is 2.75. The van der Waals surface area contributed by atoms with Gasteiger partial charge >= 0.3 is 0 Å². The molecular formula is C13H14N2O2. The second-order valence-electron chi connectivity index (χ2n) is 4.05. The number of carbonyl (C=O) groups is 1. The van der Waals surface area contributed by atoms with Gasteiger partial charge in [0.25, 0.3) is 5.56 Å². The highest BCUT2D eigenvalue weighted by Gasteiger charge is 2.10. The fraction of sp³-hybridized carbons (Fsp3) is 0.231. The van der Waals surface area contributed by atoms with Crippen molar-refractivity contribution in [2.75, 3.05) is 0 Å². The van der Waals surface area contributed by atoms with E-state index in [1.54, 1.807) is 35.9 Å². The summed E-state index contributed by atoms with van der Waals surface area (Å²) < 4.78 is 3.19. The van der Waals surface area contributed by atoms with Gasteiger partial charge in [0.1, 0.15) is 0 Å². The van der Waals surface area contributed by atoms with E-state index in [4.69, 9.17) is 0 Å². The van der Waals surface area contributed by atoms with Crippen molar-refractivity contribution >= 4 is 5.78 Å². The zero-order valence-corrected chi connectivity index (χ0v) is 9.88. The van der Waals surface area contributed by atoms with Crippen LogP contribution in [0.2, 0.25) is 0 Å². The molecule has 4 heteroatoms. The highest BCUT2D eigenvalue weighted by Crippen LogP contribution is 2.02. The SMILES string of the molecule is Cc1cccn(CC(=O)c2cccn2C)c1=O. The molecule has 0 aliphatic rings. The highest BCUT2D eigenvalue weighted by atomic mass is 16.1. The zero-order valence-electron chi connectivity index (χ0n) is 9.88. The van der Waals surface area contributed by atoms with Crippen LogP contribution in [0, 0.1) is 6.92 Å². The minimum Gasteiger partial charge on any atom is -0.348 e. The maximum Gasteiger partial charge on any atom is 0.253 e. The maximum absolute atomic E-state index is 12.0. The molecule has 0 N–H and O–H groups in total. The Kier molecular flexibility index (Phi) is 2.95. The lowest BCUT2D eigenvalue weighted by Crippen LogP contribution is -2.25. The first-order valence-corrected chi connectivity index (χ1v) is 5.40. The number of nitrogens with zero attached hydrogens (tertiary/aromatic N) is 2. The molecule has 88 valence electrons. The Morgan fingerprint density at radius 2 is 1.94 bits per heavy atom. The average Bonchev–Trinajstić information content (AvgIpc) is 2.71. The van der Waals surface area contributed by atoms with Crippen LogP contribution in [0.15, 0.2) is 41.5 Å². The second-order valence-corrected chi connectivity index (χ2v) is 4.05. The van der Waals surface area contributed by atoms with Crippen LogP contribution in [0.1, 0.15) is 16.1 Å². The maximum atomic E-state index is 12.0. The van der Waals surface area contributed by atoms with E-state index in [1.165, 1.54) is 4.57 Å². The van der Waals surface area contributed by atoms with Gasteiger partial charge in [0.05, 0.1) is 12.2 Å². The van der Waals surface area contributed by atoms with Crippen molar-refractivity contribution in [2.24, 2.45) is 7.05 Å². The van der Waals surface area contributed by atoms with E-state index in [0.29, 0.717) is 11.3 Å². The third kappa shape index (κ3) is 2.20. The summed E-state index contributed by atoms with van der Waals surface area (Å²) in [5.41, 5.74) is 1.14. The van der Waals surface area contributed by atoms with Crippen molar-refractivity contribution in [2.45, 2.75) is 13.5 Å². The molecule has 0 fully saturated rings. The summed E-state index contributed by atoms with van der Waals surface area (Å²) >= 11 is 0. The van der Waals surface area contributed by atoms with Crippen molar-refractivity contribution in [1.82, 2.24) is 9.13 Å². The Hall–Kier alpha value is -2.10. The van der Waals surface area contributed by atoms with Gasteiger partial charge in [-0.2, -0.15) is 0 Å². The Bertz CT molecular complexity index is 608. The minimum absolute atomic E-state index is 0.0646. The summed E-state index contributed by atoms with van der Waals surface area (Å²) in [6.45, 7) is 1.82. The molecule has 4 nitrogen and oxygen atoms in total. The summed E-state index contributed by atoms with van der Waals surface area (Å²) in [7, 11) is 1.81. The van der Waals surface area contributed by atoms with Crippen molar-refractivity contribution in [3.8, 4) is 0 Å². The van der Waals surface area contributed by atoms with Gasteiger partial charge in [-0.25, -0.2) is 0 Å². The molecule has 2 heterocycles. The number of Topliss-reactive ketones (excluding diaryl/α,β-unsaturated/α-hetero) is 1. The number of ketones is 1. The van der Waals surface area contributed by atoms with Crippen LogP contribution in [0.3, 0.4) is 0 Å². The average molecular weight is 230 g/mol. The molecule has 0 aliphatic carbocycles. The molecule has 0 spiro atoms. The molecule has 0 saturated heterocycles. The third-order valence-corrected chi connectivity index (χ3v) is 2.75. The van der Waals surface area contributed by atoms with Gasteiger partial charge in [0.2, 0.25) is 0 Å². The fourth-order valence-corrected chi connectivity index (χ4v) is 1.77. The first-order chi connectivity index (χ1) is 8.09. The molecule has 2 aromatic rings. The predicted molar refractivity (Wildman–Crippen MR) is 65.2 cm³/mol. The van der Waals surface area contributed by atoms with Crippen LogP contribution in [0.4, 0.5) is 0 Å². The van der Waals surface area contributed by atoms with Gasteiger partial charge in [0, 0.05) is 25.0 Å². The molecule has 0 aliphatic heterocycles. The summed E-state index contributed by atoms with van der Waals surface area (Å²) in [4.78, 5) is 23.7. The molecule has 0 radical (unpaired) electrons. The minimum atomic E-state index is -0.116. The normalized spacial score (nSPS) is 10.5. The van der Waals surface area contributed by atoms with E-state index in [1.807, 2.05) is 19.3 Å². The number of aryl methyl sites for hydroxylation is 2. The van der Waals surface area contributed by atoms with Crippen LogP contribution < -0.4 is 5.56 Å². The van der Waals surface area contributed by atoms with Crippen molar-refractivity contribution in [3.63, 3.8) is 0 Å². The van der Waals surface area contributed by atoms with Gasteiger partial charge in [0.15, 0.2) is 5.78 Å². The predicted octanol–water partition coefficient (Wildman–Crippen LogP) is 1.38. The molecule has 17 heavy (non-hydrogen) atoms. The van der Waals surface area contributed by atoms with Crippen LogP contribution in [-0.4, -0.2) is 14.9 Å². The van der Waals surface area contributed by atoms with E-state index in [9.17, 15) is 9.59 Å². The topological polar surface area (TPSA) is 44.0 Å². The van der Waals surface area contributed by atoms with Crippen LogP contribution in [0.5, 0.6) is 0 Å². The van der Waals surface area contributed by atoms with Crippen molar-refractivity contribution in [3.05, 3.63) is 58.3 Å². The van der Waals surface area contributed by atoms with Gasteiger partial charge in [-0.3, -0.25) is 9.59 Å². The Balaban J connectivity index is 2.28. The quantitative estimate of drug-likeness (QED) is 0.748. The van der Waals surface area contributed by atoms with E-state index in [0.717, 1.165) is 0 Å². The lowest BCUT2D eigenvalue weighted by molar-refractivity contribution is 0.0963. The smallest absolute Gasteiger partial charge is 0.253 e. The molecule has 0 aromatic carbocycles. The molecule has 2 rings (SSSR count). The van der Waals surface area contributed by atoms with E-state index in [2.05, 4.69) is 0 Å². The summed E-state index contributed by atoms with van der Waals surface area (Å²) in [5, 5.41) is 0. The highest BCUT2D eigenvalue weighted by molar-refractivity contribution is 5.94. The number of hydrogen-bond donors (Lipinski definition) is 0. The Morgan fingerprint density at radius 1 is 1.24 bits per heavy atom. The van der Waals surface area contributed by atoms with Crippen molar-refractivity contribution in [1.29, 1.82) is 0 Å². The molecule has 0 unspecified atom stereocenters. The van der Waals surface area contributed by atoms with Crippen LogP contribution >= 0.6 is 0 Å². The lowest BCUT2D eigenvalue weighted by Gasteiger charge is -2.06. The number of carbonyl (C=O) groups excluding carboxylic acids is 1. The van der Waals surface area contributed by atoms with E-state index < -0.39 is 0 Å². The van der Waals surface area contributed by atoms with Gasteiger partial charge < -0.3 is 9.13 Å². The number of pyridine rings is 1. The van der Waals surface area contributed by atoms with Gasteiger partial charge in [-0.15, -0.1) is 0 Å². The molecule has 0 saturated carbocycles. The van der Waals surface area contributed by atoms with E-state index >= 15 is 0 Å². The standard InChI is InChI=1S/C13H14N2O2/c1-10-5-3-8-15(13(10)17)9-12(16)11-6-4-7-14(11)2/h3-8H,9H2,1-2H3. The summed E-state index contributed by atoms with van der Waals surface area (Å²) in [6, 6.07) is 7.08. The monoisotopic (exact) mass is 230 g/mol. The summed E-state index contributed by atoms with van der Waals surface area (Å²) in [6.07, 6.45) is 3.45. The largest absolute Gasteiger partial charge is 0.348 e. The first-order valence-electron chi connectivity index (χ1n) is 5.40. The Morgan fingerprint density at radius 3 is 2.59 bits per heavy atom. The van der Waals surface area contributed by atoms with Gasteiger partial charge in [-0.1, -0.05) is 6.07 Å². The molecule has 0 bridgehead atoms. The lowest BCUT2D eigenvalue weighted by atomic mass is 10.2. The zero-order chi connectivity index (χ0) is 12.4.